The van der Waals surface area contributed by atoms with Crippen molar-refractivity contribution in [2.24, 2.45) is 5.73 Å². The van der Waals surface area contributed by atoms with E-state index in [1.807, 2.05) is 0 Å². The topological polar surface area (TPSA) is 100 Å². The van der Waals surface area contributed by atoms with E-state index in [9.17, 15) is 4.79 Å². The van der Waals surface area contributed by atoms with E-state index >= 15 is 0 Å². The molecule has 0 aromatic carbocycles. The first-order chi connectivity index (χ1) is 8.65. The number of ether oxygens (including phenoxy) is 2. The van der Waals surface area contributed by atoms with Crippen LogP contribution in [0, 0.1) is 0 Å². The maximum atomic E-state index is 11.0. The largest absolute Gasteiger partial charge is 0.480 e. The number of thiazole rings is 1. The number of methoxy groups -OCH3 is 2. The minimum Gasteiger partial charge on any atom is -0.480 e. The highest BCUT2D eigenvalue weighted by molar-refractivity contribution is 7.13. The minimum absolute atomic E-state index is 0.197. The number of carbonyl (C=O) groups excluding carboxylic acids is 1. The normalized spacial score (nSPS) is 10.1. The molecule has 94 valence electrons. The Kier molecular flexibility index (Phi) is 3.38. The van der Waals surface area contributed by atoms with Gasteiger partial charge in [0.1, 0.15) is 10.7 Å². The Hall–Kier alpha value is -2.22. The second-order valence-corrected chi connectivity index (χ2v) is 4.04. The number of hydrogen-bond donors (Lipinski definition) is 1. The van der Waals surface area contributed by atoms with Gasteiger partial charge in [0, 0.05) is 11.6 Å². The van der Waals surface area contributed by atoms with Crippen LogP contribution in [0.4, 0.5) is 0 Å². The number of nitrogens with two attached hydrogens (primary N) is 1. The Bertz CT molecular complexity index is 584. The van der Waals surface area contributed by atoms with E-state index in [0.717, 1.165) is 0 Å². The molecule has 1 amide bonds. The molecule has 2 aromatic heterocycles. The van der Waals surface area contributed by atoms with Crippen molar-refractivity contribution >= 4 is 17.2 Å². The SMILES string of the molecule is COc1ncc(-c2nc(C(N)=O)cs2)c(OC)n1. The zero-order chi connectivity index (χ0) is 13.1. The van der Waals surface area contributed by atoms with Crippen LogP contribution >= 0.6 is 11.3 Å². The molecular weight excluding hydrogens is 256 g/mol. The Labute approximate surface area is 107 Å². The molecule has 0 saturated carbocycles. The zero-order valence-electron chi connectivity index (χ0n) is 9.71. The van der Waals surface area contributed by atoms with Crippen LogP contribution in [0.2, 0.25) is 0 Å². The molecule has 2 aromatic rings. The van der Waals surface area contributed by atoms with E-state index in [1.165, 1.54) is 31.8 Å². The molecule has 2 rings (SSSR count). The number of nitrogens with zero attached hydrogens (tertiary/aromatic N) is 3. The van der Waals surface area contributed by atoms with Gasteiger partial charge in [0.15, 0.2) is 0 Å². The number of carbonyl (C=O) groups is 1. The quantitative estimate of drug-likeness (QED) is 0.875. The zero-order valence-corrected chi connectivity index (χ0v) is 10.5. The molecule has 0 fully saturated rings. The highest BCUT2D eigenvalue weighted by atomic mass is 32.1. The molecule has 0 atom stereocenters. The first-order valence-corrected chi connectivity index (χ1v) is 5.74. The number of hydrogen-bond acceptors (Lipinski definition) is 7. The monoisotopic (exact) mass is 266 g/mol. The fraction of sp³-hybridized carbons (Fsp3) is 0.200. The van der Waals surface area contributed by atoms with Crippen molar-refractivity contribution in [2.45, 2.75) is 0 Å². The summed E-state index contributed by atoms with van der Waals surface area (Å²) in [6, 6.07) is 0.197. The third kappa shape index (κ3) is 2.23. The molecule has 18 heavy (non-hydrogen) atoms. The fourth-order valence-corrected chi connectivity index (χ4v) is 2.07. The lowest BCUT2D eigenvalue weighted by atomic mass is 10.3. The lowest BCUT2D eigenvalue weighted by Crippen LogP contribution is -2.11. The minimum atomic E-state index is -0.578. The summed E-state index contributed by atoms with van der Waals surface area (Å²) in [4.78, 5) is 23.1. The van der Waals surface area contributed by atoms with Crippen molar-refractivity contribution in [1.29, 1.82) is 0 Å². The molecule has 8 heteroatoms. The van der Waals surface area contributed by atoms with Crippen LogP contribution in [0.15, 0.2) is 11.6 Å². The van der Waals surface area contributed by atoms with Crippen molar-refractivity contribution in [3.63, 3.8) is 0 Å². The van der Waals surface area contributed by atoms with Crippen molar-refractivity contribution in [2.75, 3.05) is 14.2 Å². The molecule has 0 aliphatic carbocycles. The number of rotatable bonds is 4. The Morgan fingerprint density at radius 3 is 2.67 bits per heavy atom. The summed E-state index contributed by atoms with van der Waals surface area (Å²) >= 11 is 1.26. The highest BCUT2D eigenvalue weighted by Crippen LogP contribution is 2.31. The Balaban J connectivity index is 2.45. The smallest absolute Gasteiger partial charge is 0.319 e. The van der Waals surface area contributed by atoms with Crippen LogP contribution in [-0.4, -0.2) is 35.1 Å². The molecule has 0 saturated heterocycles. The molecular formula is C10H10N4O3S. The van der Waals surface area contributed by atoms with Crippen molar-refractivity contribution in [1.82, 2.24) is 15.0 Å². The summed E-state index contributed by atoms with van der Waals surface area (Å²) in [5.41, 5.74) is 5.93. The average molecular weight is 266 g/mol. The molecule has 7 nitrogen and oxygen atoms in total. The second kappa shape index (κ2) is 4.96. The van der Waals surface area contributed by atoms with E-state index in [2.05, 4.69) is 15.0 Å². The van der Waals surface area contributed by atoms with Gasteiger partial charge in [0.25, 0.3) is 5.91 Å². The standard InChI is InChI=1S/C10H10N4O3S/c1-16-8-5(3-12-10(14-8)17-2)9-13-6(4-18-9)7(11)15/h3-4H,1-2H3,(H2,11,15). The van der Waals surface area contributed by atoms with E-state index in [4.69, 9.17) is 15.2 Å². The molecule has 0 bridgehead atoms. The summed E-state index contributed by atoms with van der Waals surface area (Å²) in [7, 11) is 2.94. The predicted octanol–water partition coefficient (Wildman–Crippen LogP) is 0.716. The summed E-state index contributed by atoms with van der Waals surface area (Å²) in [5.74, 6) is -0.252. The Morgan fingerprint density at radius 1 is 1.33 bits per heavy atom. The van der Waals surface area contributed by atoms with Gasteiger partial charge in [-0.1, -0.05) is 0 Å². The summed E-state index contributed by atoms with van der Waals surface area (Å²) in [6.07, 6.45) is 1.52. The number of primary amides is 1. The second-order valence-electron chi connectivity index (χ2n) is 3.18. The van der Waals surface area contributed by atoms with Gasteiger partial charge in [-0.25, -0.2) is 9.97 Å². The summed E-state index contributed by atoms with van der Waals surface area (Å²) in [5, 5.41) is 2.13. The average Bonchev–Trinajstić information content (AvgIpc) is 2.87. The summed E-state index contributed by atoms with van der Waals surface area (Å²) in [6.45, 7) is 0. The molecule has 0 unspecified atom stereocenters. The lowest BCUT2D eigenvalue weighted by Gasteiger charge is -2.05. The van der Waals surface area contributed by atoms with Crippen LogP contribution in [-0.2, 0) is 0 Å². The number of aromatic nitrogens is 3. The van der Waals surface area contributed by atoms with Gasteiger partial charge in [0.2, 0.25) is 5.88 Å². The number of amides is 1. The van der Waals surface area contributed by atoms with Crippen LogP contribution in [0.1, 0.15) is 10.5 Å². The molecule has 0 radical (unpaired) electrons. The summed E-state index contributed by atoms with van der Waals surface area (Å²) < 4.78 is 10.0. The van der Waals surface area contributed by atoms with Crippen LogP contribution in [0.5, 0.6) is 11.9 Å². The van der Waals surface area contributed by atoms with Gasteiger partial charge in [-0.3, -0.25) is 4.79 Å². The lowest BCUT2D eigenvalue weighted by molar-refractivity contribution is 0.0996. The highest BCUT2D eigenvalue weighted by Gasteiger charge is 2.15. The first-order valence-electron chi connectivity index (χ1n) is 4.86. The molecule has 0 spiro atoms. The predicted molar refractivity (Wildman–Crippen MR) is 64.8 cm³/mol. The van der Waals surface area contributed by atoms with Crippen LogP contribution in [0.25, 0.3) is 10.6 Å². The van der Waals surface area contributed by atoms with Crippen LogP contribution < -0.4 is 15.2 Å². The van der Waals surface area contributed by atoms with Gasteiger partial charge in [-0.2, -0.15) is 4.98 Å². The maximum Gasteiger partial charge on any atom is 0.319 e. The van der Waals surface area contributed by atoms with E-state index < -0.39 is 5.91 Å². The molecule has 0 aliphatic heterocycles. The van der Waals surface area contributed by atoms with Crippen molar-refractivity contribution in [3.8, 4) is 22.5 Å². The van der Waals surface area contributed by atoms with Crippen LogP contribution in [0.3, 0.4) is 0 Å². The van der Waals surface area contributed by atoms with E-state index in [-0.39, 0.29) is 11.7 Å². The van der Waals surface area contributed by atoms with Crippen molar-refractivity contribution in [3.05, 3.63) is 17.3 Å². The fourth-order valence-electron chi connectivity index (χ4n) is 1.26. The molecule has 2 N–H and O–H groups in total. The van der Waals surface area contributed by atoms with E-state index in [1.54, 1.807) is 5.38 Å². The molecule has 0 aliphatic rings. The van der Waals surface area contributed by atoms with Gasteiger partial charge in [-0.15, -0.1) is 11.3 Å². The molecule has 2 heterocycles. The van der Waals surface area contributed by atoms with Gasteiger partial charge in [0.05, 0.1) is 19.8 Å². The third-order valence-corrected chi connectivity index (χ3v) is 2.97. The van der Waals surface area contributed by atoms with Gasteiger partial charge in [-0.05, 0) is 0 Å². The third-order valence-electron chi connectivity index (χ3n) is 2.09. The van der Waals surface area contributed by atoms with E-state index in [0.29, 0.717) is 16.5 Å². The maximum absolute atomic E-state index is 11.0. The van der Waals surface area contributed by atoms with Crippen molar-refractivity contribution < 1.29 is 14.3 Å². The Morgan fingerprint density at radius 2 is 2.11 bits per heavy atom. The van der Waals surface area contributed by atoms with Gasteiger partial charge >= 0.3 is 6.01 Å². The first kappa shape index (κ1) is 12.2. The van der Waals surface area contributed by atoms with Gasteiger partial charge < -0.3 is 15.2 Å².